The number of nitrogens with zero attached hydrogens (tertiary/aromatic N) is 3. The molecule has 8 nitrogen and oxygen atoms in total. The molecular weight excluding hydrogens is 502 g/mol. The number of likely N-dealkylation sites (tertiary alicyclic amines) is 1. The van der Waals surface area contributed by atoms with Gasteiger partial charge in [-0.25, -0.2) is 0 Å². The van der Waals surface area contributed by atoms with Crippen molar-refractivity contribution in [3.8, 4) is 0 Å². The van der Waals surface area contributed by atoms with E-state index in [9.17, 15) is 14.4 Å². The molecule has 3 aromatic carbocycles. The standard InChI is InChI=1S/C32H37N5O3/c1-24-9-5-6-12-28(24)35-19-21-36(22-20-35)29-15-14-26(23-27(29)34-32(40)25-10-3-2-4-11-25)31(39)33-16-8-18-37-17-7-13-30(37)38/h2-6,9-12,14-15,23H,7-8,13,16-22H2,1H3,(H,33,39)(H,34,40). The van der Waals surface area contributed by atoms with Crippen LogP contribution >= 0.6 is 0 Å². The lowest BCUT2D eigenvalue weighted by Gasteiger charge is -2.38. The molecule has 0 radical (unpaired) electrons. The zero-order valence-electron chi connectivity index (χ0n) is 23.1. The van der Waals surface area contributed by atoms with E-state index < -0.39 is 0 Å². The van der Waals surface area contributed by atoms with E-state index in [0.717, 1.165) is 44.8 Å². The van der Waals surface area contributed by atoms with E-state index in [1.165, 1.54) is 11.3 Å². The predicted octanol–water partition coefficient (Wildman–Crippen LogP) is 4.32. The highest BCUT2D eigenvalue weighted by Crippen LogP contribution is 2.30. The number of hydrogen-bond donors (Lipinski definition) is 2. The largest absolute Gasteiger partial charge is 0.368 e. The van der Waals surface area contributed by atoms with Gasteiger partial charge in [0.1, 0.15) is 0 Å². The van der Waals surface area contributed by atoms with Gasteiger partial charge in [-0.3, -0.25) is 14.4 Å². The number of anilines is 3. The van der Waals surface area contributed by atoms with Crippen LogP contribution in [-0.4, -0.2) is 68.4 Å². The van der Waals surface area contributed by atoms with E-state index in [1.54, 1.807) is 18.2 Å². The predicted molar refractivity (Wildman–Crippen MR) is 159 cm³/mol. The van der Waals surface area contributed by atoms with Gasteiger partial charge in [0.2, 0.25) is 5.91 Å². The number of benzene rings is 3. The zero-order chi connectivity index (χ0) is 27.9. The Morgan fingerprint density at radius 1 is 0.775 bits per heavy atom. The van der Waals surface area contributed by atoms with Crippen molar-refractivity contribution >= 4 is 34.8 Å². The second kappa shape index (κ2) is 12.7. The molecule has 0 atom stereocenters. The first-order chi connectivity index (χ1) is 19.5. The van der Waals surface area contributed by atoms with Crippen LogP contribution < -0.4 is 20.4 Å². The molecule has 2 fully saturated rings. The zero-order valence-corrected chi connectivity index (χ0v) is 23.1. The monoisotopic (exact) mass is 539 g/mol. The summed E-state index contributed by atoms with van der Waals surface area (Å²) in [4.78, 5) is 44.4. The van der Waals surface area contributed by atoms with Crippen LogP contribution in [0.25, 0.3) is 0 Å². The summed E-state index contributed by atoms with van der Waals surface area (Å²) >= 11 is 0. The highest BCUT2D eigenvalue weighted by atomic mass is 16.2. The molecule has 208 valence electrons. The van der Waals surface area contributed by atoms with Crippen LogP contribution in [0.1, 0.15) is 45.5 Å². The van der Waals surface area contributed by atoms with Crippen molar-refractivity contribution in [2.24, 2.45) is 0 Å². The number of rotatable bonds is 9. The fourth-order valence-electron chi connectivity index (χ4n) is 5.46. The minimum absolute atomic E-state index is 0.195. The molecule has 2 heterocycles. The molecule has 0 bridgehead atoms. The number of amides is 3. The Balaban J connectivity index is 1.28. The average molecular weight is 540 g/mol. The molecule has 2 saturated heterocycles. The van der Waals surface area contributed by atoms with E-state index in [1.807, 2.05) is 35.2 Å². The Morgan fingerprint density at radius 2 is 1.48 bits per heavy atom. The molecular formula is C32H37N5O3. The Bertz CT molecular complexity index is 1350. The minimum atomic E-state index is -0.215. The Labute approximate surface area is 236 Å². The number of aryl methyl sites for hydroxylation is 1. The average Bonchev–Trinajstić information content (AvgIpc) is 3.40. The quantitative estimate of drug-likeness (QED) is 0.396. The molecule has 0 spiro atoms. The number of carbonyl (C=O) groups is 3. The molecule has 0 saturated carbocycles. The Kier molecular flexibility index (Phi) is 8.64. The molecule has 2 N–H and O–H groups in total. The highest BCUT2D eigenvalue weighted by Gasteiger charge is 2.23. The lowest BCUT2D eigenvalue weighted by atomic mass is 10.1. The number of para-hydroxylation sites is 1. The van der Waals surface area contributed by atoms with Gasteiger partial charge in [-0.15, -0.1) is 0 Å². The number of hydrogen-bond acceptors (Lipinski definition) is 5. The van der Waals surface area contributed by atoms with Crippen molar-refractivity contribution in [1.29, 1.82) is 0 Å². The van der Waals surface area contributed by atoms with E-state index in [2.05, 4.69) is 51.6 Å². The van der Waals surface area contributed by atoms with Crippen molar-refractivity contribution in [2.45, 2.75) is 26.2 Å². The first kappa shape index (κ1) is 27.2. The summed E-state index contributed by atoms with van der Waals surface area (Å²) in [5, 5.41) is 6.03. The molecule has 3 aromatic rings. The third kappa shape index (κ3) is 6.45. The number of piperazine rings is 1. The maximum Gasteiger partial charge on any atom is 0.255 e. The summed E-state index contributed by atoms with van der Waals surface area (Å²) in [6.07, 6.45) is 2.24. The van der Waals surface area contributed by atoms with Crippen LogP contribution in [0.4, 0.5) is 17.1 Å². The van der Waals surface area contributed by atoms with Crippen LogP contribution in [0.5, 0.6) is 0 Å². The smallest absolute Gasteiger partial charge is 0.255 e. The maximum absolute atomic E-state index is 13.1. The molecule has 3 amide bonds. The molecule has 40 heavy (non-hydrogen) atoms. The summed E-state index contributed by atoms with van der Waals surface area (Å²) in [5.74, 6) is -0.215. The SMILES string of the molecule is Cc1ccccc1N1CCN(c2ccc(C(=O)NCCCN3CCCC3=O)cc2NC(=O)c2ccccc2)CC1. The Hall–Kier alpha value is -4.33. The van der Waals surface area contributed by atoms with Crippen molar-refractivity contribution in [1.82, 2.24) is 10.2 Å². The Morgan fingerprint density at radius 3 is 2.17 bits per heavy atom. The summed E-state index contributed by atoms with van der Waals surface area (Å²) in [6, 6.07) is 23.0. The van der Waals surface area contributed by atoms with Crippen molar-refractivity contribution in [3.63, 3.8) is 0 Å². The molecule has 0 aliphatic carbocycles. The molecule has 0 unspecified atom stereocenters. The van der Waals surface area contributed by atoms with E-state index in [4.69, 9.17) is 0 Å². The summed E-state index contributed by atoms with van der Waals surface area (Å²) in [7, 11) is 0. The van der Waals surface area contributed by atoms with Crippen LogP contribution in [0.15, 0.2) is 72.8 Å². The summed E-state index contributed by atoms with van der Waals surface area (Å²) < 4.78 is 0. The second-order valence-corrected chi connectivity index (χ2v) is 10.4. The molecule has 2 aliphatic heterocycles. The third-order valence-corrected chi connectivity index (χ3v) is 7.68. The summed E-state index contributed by atoms with van der Waals surface area (Å²) in [5.41, 5.74) is 5.08. The topological polar surface area (TPSA) is 85.0 Å². The van der Waals surface area contributed by atoms with Gasteiger partial charge in [0.15, 0.2) is 0 Å². The molecule has 5 rings (SSSR count). The van der Waals surface area contributed by atoms with Gasteiger partial charge in [-0.2, -0.15) is 0 Å². The van der Waals surface area contributed by atoms with Gasteiger partial charge in [0.25, 0.3) is 11.8 Å². The van der Waals surface area contributed by atoms with Crippen molar-refractivity contribution < 1.29 is 14.4 Å². The van der Waals surface area contributed by atoms with Crippen LogP contribution in [0.2, 0.25) is 0 Å². The van der Waals surface area contributed by atoms with E-state index >= 15 is 0 Å². The van der Waals surface area contributed by atoms with Gasteiger partial charge in [-0.05, 0) is 61.7 Å². The van der Waals surface area contributed by atoms with Crippen LogP contribution in [0, 0.1) is 6.92 Å². The van der Waals surface area contributed by atoms with Gasteiger partial charge < -0.3 is 25.3 Å². The summed E-state index contributed by atoms with van der Waals surface area (Å²) in [6.45, 7) is 7.39. The highest BCUT2D eigenvalue weighted by molar-refractivity contribution is 6.07. The lowest BCUT2D eigenvalue weighted by molar-refractivity contribution is -0.127. The van der Waals surface area contributed by atoms with Crippen LogP contribution in [0.3, 0.4) is 0 Å². The second-order valence-electron chi connectivity index (χ2n) is 10.4. The first-order valence-electron chi connectivity index (χ1n) is 14.1. The van der Waals surface area contributed by atoms with Crippen molar-refractivity contribution in [2.75, 3.05) is 60.9 Å². The fourth-order valence-corrected chi connectivity index (χ4v) is 5.46. The van der Waals surface area contributed by atoms with E-state index in [-0.39, 0.29) is 17.7 Å². The first-order valence-corrected chi connectivity index (χ1v) is 14.1. The van der Waals surface area contributed by atoms with Gasteiger partial charge in [0.05, 0.1) is 11.4 Å². The minimum Gasteiger partial charge on any atom is -0.368 e. The number of carbonyl (C=O) groups excluding carboxylic acids is 3. The van der Waals surface area contributed by atoms with Gasteiger partial charge >= 0.3 is 0 Å². The maximum atomic E-state index is 13.1. The van der Waals surface area contributed by atoms with Crippen LogP contribution in [-0.2, 0) is 4.79 Å². The van der Waals surface area contributed by atoms with Crippen molar-refractivity contribution in [3.05, 3.63) is 89.5 Å². The van der Waals surface area contributed by atoms with Gasteiger partial charge in [-0.1, -0.05) is 36.4 Å². The normalized spacial score (nSPS) is 15.3. The third-order valence-electron chi connectivity index (χ3n) is 7.68. The molecule has 2 aliphatic rings. The fraction of sp³-hybridized carbons (Fsp3) is 0.344. The molecule has 8 heteroatoms. The van der Waals surface area contributed by atoms with E-state index in [0.29, 0.717) is 42.7 Å². The molecule has 0 aromatic heterocycles. The number of nitrogens with one attached hydrogen (secondary N) is 2. The lowest BCUT2D eigenvalue weighted by Crippen LogP contribution is -2.47. The van der Waals surface area contributed by atoms with Gasteiger partial charge in [0, 0.05) is 69.0 Å².